The number of carbonyl (C=O) groups excluding carboxylic acids is 1. The van der Waals surface area contributed by atoms with Crippen molar-refractivity contribution in [3.05, 3.63) is 41.3 Å². The van der Waals surface area contributed by atoms with Gasteiger partial charge in [0.25, 0.3) is 0 Å². The highest BCUT2D eigenvalue weighted by Gasteiger charge is 2.30. The number of fused-ring (bicyclic) bond motifs is 1. The van der Waals surface area contributed by atoms with Crippen LogP contribution in [-0.2, 0) is 11.3 Å². The Bertz CT molecular complexity index is 696. The van der Waals surface area contributed by atoms with Gasteiger partial charge < -0.3 is 10.1 Å². The fraction of sp³-hybridized carbons (Fsp3) is 0.333. The zero-order valence-electron chi connectivity index (χ0n) is 11.9. The monoisotopic (exact) mass is 289 g/mol. The van der Waals surface area contributed by atoms with Crippen LogP contribution < -0.4 is 10.1 Å². The molecule has 0 spiro atoms. The molecule has 1 aliphatic heterocycles. The molecule has 0 bridgehead atoms. The van der Waals surface area contributed by atoms with E-state index in [1.165, 1.54) is 19.2 Å². The van der Waals surface area contributed by atoms with Crippen LogP contribution in [0.1, 0.15) is 30.4 Å². The molecule has 1 N–H and O–H groups in total. The van der Waals surface area contributed by atoms with E-state index < -0.39 is 0 Å². The smallest absolute Gasteiger partial charge is 0.226 e. The minimum absolute atomic E-state index is 0.0917. The molecule has 21 heavy (non-hydrogen) atoms. The van der Waals surface area contributed by atoms with E-state index in [1.54, 1.807) is 16.9 Å². The number of ether oxygens (including phenoxy) is 1. The second-order valence-corrected chi connectivity index (χ2v) is 4.99. The van der Waals surface area contributed by atoms with E-state index in [9.17, 15) is 9.18 Å². The van der Waals surface area contributed by atoms with E-state index in [0.717, 1.165) is 11.1 Å². The number of nitrogens with zero attached hydrogens (tertiary/aromatic N) is 2. The fourth-order valence-corrected chi connectivity index (χ4v) is 2.71. The molecular weight excluding hydrogens is 273 g/mol. The molecule has 1 aromatic carbocycles. The van der Waals surface area contributed by atoms with Crippen molar-refractivity contribution in [1.29, 1.82) is 0 Å². The third-order valence-electron chi connectivity index (χ3n) is 3.72. The molecule has 1 amide bonds. The van der Waals surface area contributed by atoms with Gasteiger partial charge in [0.2, 0.25) is 5.91 Å². The zero-order valence-corrected chi connectivity index (χ0v) is 11.9. The number of benzene rings is 1. The van der Waals surface area contributed by atoms with Gasteiger partial charge in [-0.2, -0.15) is 5.10 Å². The van der Waals surface area contributed by atoms with Crippen LogP contribution >= 0.6 is 0 Å². The number of anilines is 1. The normalized spacial score (nSPS) is 17.3. The van der Waals surface area contributed by atoms with Gasteiger partial charge in [-0.1, -0.05) is 0 Å². The lowest BCUT2D eigenvalue weighted by atomic mass is 9.87. The first-order chi connectivity index (χ1) is 10.1. The predicted molar refractivity (Wildman–Crippen MR) is 75.9 cm³/mol. The number of hydrogen-bond acceptors (Lipinski definition) is 3. The molecule has 0 fully saturated rings. The van der Waals surface area contributed by atoms with Crippen molar-refractivity contribution in [2.45, 2.75) is 25.8 Å². The van der Waals surface area contributed by atoms with Crippen LogP contribution in [0.25, 0.3) is 0 Å². The molecule has 1 unspecified atom stereocenters. The molecule has 6 heteroatoms. The Labute approximate surface area is 121 Å². The van der Waals surface area contributed by atoms with Crippen LogP contribution in [0.3, 0.4) is 0 Å². The quantitative estimate of drug-likeness (QED) is 0.944. The van der Waals surface area contributed by atoms with Crippen LogP contribution in [0.5, 0.6) is 5.75 Å². The highest BCUT2D eigenvalue weighted by atomic mass is 19.1. The first-order valence-corrected chi connectivity index (χ1v) is 6.82. The topological polar surface area (TPSA) is 56.2 Å². The summed E-state index contributed by atoms with van der Waals surface area (Å²) in [5, 5.41) is 7.11. The molecule has 3 rings (SSSR count). The number of rotatable bonds is 3. The summed E-state index contributed by atoms with van der Waals surface area (Å²) in [6.07, 6.45) is 2.01. The van der Waals surface area contributed by atoms with Crippen LogP contribution in [0.4, 0.5) is 10.2 Å². The summed E-state index contributed by atoms with van der Waals surface area (Å²) in [6.45, 7) is 2.61. The second kappa shape index (κ2) is 5.20. The molecule has 0 radical (unpaired) electrons. The molecule has 2 aromatic rings. The van der Waals surface area contributed by atoms with E-state index in [1.807, 2.05) is 6.92 Å². The molecule has 2 heterocycles. The van der Waals surface area contributed by atoms with Gasteiger partial charge in [-0.3, -0.25) is 4.79 Å². The molecule has 0 saturated heterocycles. The summed E-state index contributed by atoms with van der Waals surface area (Å²) in [7, 11) is 1.49. The Balaban J connectivity index is 2.09. The van der Waals surface area contributed by atoms with Gasteiger partial charge in [-0.25, -0.2) is 9.07 Å². The Morgan fingerprint density at radius 2 is 2.29 bits per heavy atom. The lowest BCUT2D eigenvalue weighted by Crippen LogP contribution is -2.24. The minimum Gasteiger partial charge on any atom is -0.497 e. The Hall–Kier alpha value is -2.37. The van der Waals surface area contributed by atoms with Crippen molar-refractivity contribution >= 4 is 11.7 Å². The first kappa shape index (κ1) is 13.6. The van der Waals surface area contributed by atoms with Crippen LogP contribution in [-0.4, -0.2) is 22.8 Å². The number of halogens is 1. The number of nitrogens with one attached hydrogen (secondary N) is 1. The van der Waals surface area contributed by atoms with Crippen LogP contribution in [0.15, 0.2) is 24.4 Å². The third kappa shape index (κ3) is 2.37. The number of carbonyl (C=O) groups is 1. The predicted octanol–water partition coefficient (Wildman–Crippen LogP) is 2.52. The average molecular weight is 289 g/mol. The second-order valence-electron chi connectivity index (χ2n) is 4.99. The number of hydrogen-bond donors (Lipinski definition) is 1. The number of aryl methyl sites for hydroxylation is 1. The first-order valence-electron chi connectivity index (χ1n) is 6.82. The Morgan fingerprint density at radius 3 is 3.00 bits per heavy atom. The SMILES string of the molecule is CCn1ncc2c1NC(=O)CC2c1cc(F)cc(OC)c1. The largest absolute Gasteiger partial charge is 0.497 e. The Kier molecular flexibility index (Phi) is 3.37. The summed E-state index contributed by atoms with van der Waals surface area (Å²) in [5.74, 6) is 0.465. The molecule has 5 nitrogen and oxygen atoms in total. The summed E-state index contributed by atoms with van der Waals surface area (Å²) < 4.78 is 20.6. The van der Waals surface area contributed by atoms with E-state index >= 15 is 0 Å². The molecule has 0 aliphatic carbocycles. The van der Waals surface area contributed by atoms with E-state index in [2.05, 4.69) is 10.4 Å². The third-order valence-corrected chi connectivity index (χ3v) is 3.72. The van der Waals surface area contributed by atoms with Crippen LogP contribution in [0, 0.1) is 5.82 Å². The van der Waals surface area contributed by atoms with Crippen molar-refractivity contribution in [2.24, 2.45) is 0 Å². The summed E-state index contributed by atoms with van der Waals surface area (Å²) >= 11 is 0. The van der Waals surface area contributed by atoms with E-state index in [0.29, 0.717) is 18.1 Å². The fourth-order valence-electron chi connectivity index (χ4n) is 2.71. The van der Waals surface area contributed by atoms with Gasteiger partial charge in [0.1, 0.15) is 17.4 Å². The number of aromatic nitrogens is 2. The average Bonchev–Trinajstić information content (AvgIpc) is 2.88. The molecule has 1 aromatic heterocycles. The van der Waals surface area contributed by atoms with Crippen molar-refractivity contribution < 1.29 is 13.9 Å². The summed E-state index contributed by atoms with van der Waals surface area (Å²) in [4.78, 5) is 11.9. The molecule has 110 valence electrons. The van der Waals surface area contributed by atoms with Gasteiger partial charge >= 0.3 is 0 Å². The maximum atomic E-state index is 13.7. The lowest BCUT2D eigenvalue weighted by Gasteiger charge is -2.24. The highest BCUT2D eigenvalue weighted by molar-refractivity contribution is 5.94. The summed E-state index contributed by atoms with van der Waals surface area (Å²) in [5.41, 5.74) is 1.63. The van der Waals surface area contributed by atoms with Crippen molar-refractivity contribution in [1.82, 2.24) is 9.78 Å². The van der Waals surface area contributed by atoms with Gasteiger partial charge in [0.05, 0.1) is 13.3 Å². The summed E-state index contributed by atoms with van der Waals surface area (Å²) in [6, 6.07) is 4.53. The molecule has 0 saturated carbocycles. The zero-order chi connectivity index (χ0) is 15.0. The Morgan fingerprint density at radius 1 is 1.48 bits per heavy atom. The molecule has 1 aliphatic rings. The molecular formula is C15H16FN3O2. The van der Waals surface area contributed by atoms with E-state index in [4.69, 9.17) is 4.74 Å². The number of amides is 1. The minimum atomic E-state index is -0.375. The van der Waals surface area contributed by atoms with Crippen LogP contribution in [0.2, 0.25) is 0 Å². The standard InChI is InChI=1S/C15H16FN3O2/c1-3-19-15-13(8-17-19)12(7-14(20)18-15)9-4-10(16)6-11(5-9)21-2/h4-6,8,12H,3,7H2,1-2H3,(H,18,20). The lowest BCUT2D eigenvalue weighted by molar-refractivity contribution is -0.116. The van der Waals surface area contributed by atoms with Crippen molar-refractivity contribution in [3.63, 3.8) is 0 Å². The van der Waals surface area contributed by atoms with Gasteiger partial charge in [0.15, 0.2) is 0 Å². The van der Waals surface area contributed by atoms with E-state index in [-0.39, 0.29) is 24.1 Å². The maximum absolute atomic E-state index is 13.7. The number of methoxy groups -OCH3 is 1. The van der Waals surface area contributed by atoms with Gasteiger partial charge in [0, 0.05) is 30.5 Å². The van der Waals surface area contributed by atoms with Crippen molar-refractivity contribution in [2.75, 3.05) is 12.4 Å². The molecule has 1 atom stereocenters. The van der Waals surface area contributed by atoms with Gasteiger partial charge in [-0.15, -0.1) is 0 Å². The highest BCUT2D eigenvalue weighted by Crippen LogP contribution is 2.38. The van der Waals surface area contributed by atoms with Crippen molar-refractivity contribution in [3.8, 4) is 5.75 Å². The van der Waals surface area contributed by atoms with Gasteiger partial charge in [-0.05, 0) is 24.6 Å². The maximum Gasteiger partial charge on any atom is 0.226 e.